The van der Waals surface area contributed by atoms with Crippen LogP contribution in [0.2, 0.25) is 0 Å². The second-order valence-electron chi connectivity index (χ2n) is 11.1. The lowest BCUT2D eigenvalue weighted by atomic mass is 9.93. The van der Waals surface area contributed by atoms with Crippen molar-refractivity contribution in [3.05, 3.63) is 167 Å². The third-order valence-corrected chi connectivity index (χ3v) is 9.86. The van der Waals surface area contributed by atoms with Crippen LogP contribution >= 0.6 is 11.8 Å². The predicted octanol–water partition coefficient (Wildman–Crippen LogP) is 10.6. The third kappa shape index (κ3) is 4.24. The van der Waals surface area contributed by atoms with Gasteiger partial charge in [0.05, 0.1) is 0 Å². The fraction of sp³-hybridized carbons (Fsp3) is 0.100. The summed E-state index contributed by atoms with van der Waals surface area (Å²) in [6.45, 7) is 0. The van der Waals surface area contributed by atoms with E-state index in [1.54, 1.807) is 0 Å². The molecule has 0 aromatic heterocycles. The molecule has 0 spiro atoms. The van der Waals surface area contributed by atoms with Crippen LogP contribution in [-0.4, -0.2) is 0 Å². The van der Waals surface area contributed by atoms with Gasteiger partial charge in [0.1, 0.15) is 0 Å². The molecule has 2 aliphatic rings. The molecule has 0 atom stereocenters. The Kier molecular flexibility index (Phi) is 6.12. The minimum absolute atomic E-state index is 0.986. The van der Waals surface area contributed by atoms with E-state index in [1.165, 1.54) is 77.9 Å². The Labute approximate surface area is 246 Å². The van der Waals surface area contributed by atoms with E-state index in [2.05, 4.69) is 133 Å². The largest absolute Gasteiger partial charge is 0.152 e. The first-order chi connectivity index (χ1) is 20.3. The van der Waals surface area contributed by atoms with Crippen molar-refractivity contribution in [2.75, 3.05) is 0 Å². The molecule has 0 saturated heterocycles. The molecule has 0 amide bonds. The van der Waals surface area contributed by atoms with E-state index in [1.807, 2.05) is 11.8 Å². The summed E-state index contributed by atoms with van der Waals surface area (Å²) in [7, 11) is 0. The quantitative estimate of drug-likeness (QED) is 0.201. The molecule has 2 aliphatic carbocycles. The van der Waals surface area contributed by atoms with E-state index in [9.17, 15) is 0 Å². The zero-order valence-corrected chi connectivity index (χ0v) is 23.8. The van der Waals surface area contributed by atoms with Crippen LogP contribution in [0.25, 0.3) is 44.5 Å². The molecule has 0 heterocycles. The maximum atomic E-state index is 2.32. The van der Waals surface area contributed by atoms with Gasteiger partial charge in [-0.2, -0.15) is 11.8 Å². The Morgan fingerprint density at radius 3 is 1.15 bits per heavy atom. The van der Waals surface area contributed by atoms with Gasteiger partial charge in [-0.1, -0.05) is 133 Å². The molecule has 0 radical (unpaired) electrons. The van der Waals surface area contributed by atoms with Crippen molar-refractivity contribution in [3.8, 4) is 44.5 Å². The minimum Gasteiger partial charge on any atom is -0.152 e. The lowest BCUT2D eigenvalue weighted by Gasteiger charge is -2.15. The molecule has 0 N–H and O–H groups in total. The van der Waals surface area contributed by atoms with Crippen LogP contribution in [0.1, 0.15) is 33.4 Å². The van der Waals surface area contributed by atoms with Gasteiger partial charge in [0.15, 0.2) is 0 Å². The third-order valence-electron chi connectivity index (χ3n) is 8.83. The van der Waals surface area contributed by atoms with E-state index in [-0.39, 0.29) is 0 Å². The number of thioether (sulfide) groups is 1. The highest BCUT2D eigenvalue weighted by Crippen LogP contribution is 2.44. The van der Waals surface area contributed by atoms with Crippen LogP contribution in [0.4, 0.5) is 0 Å². The SMILES string of the molecule is c1ccc(-c2cccc3c2Cc2ccccc2-3)c(CSCc2ccccc2-c2cccc3c2Cc2ccccc2-3)c1. The van der Waals surface area contributed by atoms with Crippen LogP contribution in [0.15, 0.2) is 133 Å². The average Bonchev–Trinajstić information content (AvgIpc) is 3.60. The molecule has 0 aliphatic heterocycles. The van der Waals surface area contributed by atoms with Crippen molar-refractivity contribution in [2.45, 2.75) is 24.3 Å². The number of hydrogen-bond acceptors (Lipinski definition) is 1. The van der Waals surface area contributed by atoms with Gasteiger partial charge in [-0.05, 0) is 90.7 Å². The highest BCUT2D eigenvalue weighted by atomic mass is 32.2. The van der Waals surface area contributed by atoms with Crippen molar-refractivity contribution in [2.24, 2.45) is 0 Å². The Morgan fingerprint density at radius 1 is 0.341 bits per heavy atom. The minimum atomic E-state index is 0.986. The van der Waals surface area contributed by atoms with Gasteiger partial charge in [0.2, 0.25) is 0 Å². The van der Waals surface area contributed by atoms with Gasteiger partial charge in [-0.15, -0.1) is 0 Å². The van der Waals surface area contributed by atoms with Crippen LogP contribution in [-0.2, 0) is 24.3 Å². The highest BCUT2D eigenvalue weighted by molar-refractivity contribution is 7.97. The van der Waals surface area contributed by atoms with Gasteiger partial charge in [0, 0.05) is 11.5 Å². The summed E-state index contributed by atoms with van der Waals surface area (Å²) in [5.41, 5.74) is 19.7. The van der Waals surface area contributed by atoms with Crippen LogP contribution in [0, 0.1) is 0 Å². The summed E-state index contributed by atoms with van der Waals surface area (Å²) in [6.07, 6.45) is 2.03. The molecule has 0 nitrogen and oxygen atoms in total. The molecule has 6 aromatic rings. The van der Waals surface area contributed by atoms with Gasteiger partial charge in [-0.25, -0.2) is 0 Å². The van der Waals surface area contributed by atoms with Gasteiger partial charge in [-0.3, -0.25) is 0 Å². The van der Waals surface area contributed by atoms with Crippen LogP contribution in [0.5, 0.6) is 0 Å². The number of fused-ring (bicyclic) bond motifs is 6. The molecular formula is C40H30S. The highest BCUT2D eigenvalue weighted by Gasteiger charge is 2.23. The summed E-state index contributed by atoms with van der Waals surface area (Å²) >= 11 is 2.02. The van der Waals surface area contributed by atoms with Crippen molar-refractivity contribution < 1.29 is 0 Å². The second-order valence-corrected chi connectivity index (χ2v) is 12.1. The molecule has 8 rings (SSSR count). The standard InChI is InChI=1S/C40H30S/c1-5-15-31-27(11-1)23-39-35(31)19-9-21-37(39)33-17-7-3-13-29(33)25-41-26-30-14-4-8-18-34(30)38-22-10-20-36-32-16-6-2-12-28(32)24-40(36)38/h1-22H,23-26H2. The Balaban J connectivity index is 1.07. The van der Waals surface area contributed by atoms with E-state index in [4.69, 9.17) is 0 Å². The van der Waals surface area contributed by atoms with Crippen LogP contribution < -0.4 is 0 Å². The van der Waals surface area contributed by atoms with Gasteiger partial charge < -0.3 is 0 Å². The Hall–Kier alpha value is -4.33. The molecule has 41 heavy (non-hydrogen) atoms. The fourth-order valence-electron chi connectivity index (χ4n) is 6.91. The molecular weight excluding hydrogens is 513 g/mol. The Morgan fingerprint density at radius 2 is 0.683 bits per heavy atom. The summed E-state index contributed by atoms with van der Waals surface area (Å²) in [4.78, 5) is 0. The van der Waals surface area contributed by atoms with Crippen molar-refractivity contribution >= 4 is 11.8 Å². The number of hydrogen-bond donors (Lipinski definition) is 0. The lowest BCUT2D eigenvalue weighted by Crippen LogP contribution is -1.95. The summed E-state index contributed by atoms with van der Waals surface area (Å²) in [5.74, 6) is 1.97. The molecule has 0 fully saturated rings. The monoisotopic (exact) mass is 542 g/mol. The summed E-state index contributed by atoms with van der Waals surface area (Å²) in [6, 6.07) is 49.4. The fourth-order valence-corrected chi connectivity index (χ4v) is 7.95. The smallest absolute Gasteiger partial charge is 0.0194 e. The van der Waals surface area contributed by atoms with E-state index in [0.29, 0.717) is 0 Å². The second kappa shape index (κ2) is 10.3. The first kappa shape index (κ1) is 24.5. The lowest BCUT2D eigenvalue weighted by molar-refractivity contribution is 1.25. The average molecular weight is 543 g/mol. The molecule has 0 unspecified atom stereocenters. The zero-order valence-electron chi connectivity index (χ0n) is 22.9. The Bertz CT molecular complexity index is 1790. The maximum absolute atomic E-state index is 2.32. The topological polar surface area (TPSA) is 0 Å². The van der Waals surface area contributed by atoms with E-state index in [0.717, 1.165) is 24.3 Å². The normalized spacial score (nSPS) is 12.5. The molecule has 1 heteroatoms. The van der Waals surface area contributed by atoms with Gasteiger partial charge in [0.25, 0.3) is 0 Å². The number of rotatable bonds is 6. The van der Waals surface area contributed by atoms with E-state index < -0.39 is 0 Å². The molecule has 0 bridgehead atoms. The molecule has 0 saturated carbocycles. The van der Waals surface area contributed by atoms with Crippen molar-refractivity contribution in [3.63, 3.8) is 0 Å². The van der Waals surface area contributed by atoms with Gasteiger partial charge >= 0.3 is 0 Å². The number of benzene rings is 6. The molecule has 6 aromatic carbocycles. The first-order valence-corrected chi connectivity index (χ1v) is 15.7. The predicted molar refractivity (Wildman–Crippen MR) is 175 cm³/mol. The zero-order chi connectivity index (χ0) is 27.2. The van der Waals surface area contributed by atoms with Crippen molar-refractivity contribution in [1.29, 1.82) is 0 Å². The summed E-state index contributed by atoms with van der Waals surface area (Å²) < 4.78 is 0. The van der Waals surface area contributed by atoms with E-state index >= 15 is 0 Å². The summed E-state index contributed by atoms with van der Waals surface area (Å²) in [5, 5.41) is 0. The van der Waals surface area contributed by atoms with Crippen LogP contribution in [0.3, 0.4) is 0 Å². The molecule has 196 valence electrons. The maximum Gasteiger partial charge on any atom is 0.0194 e. The first-order valence-electron chi connectivity index (χ1n) is 14.5. The van der Waals surface area contributed by atoms with Crippen molar-refractivity contribution in [1.82, 2.24) is 0 Å².